The van der Waals surface area contributed by atoms with Crippen LogP contribution in [0.3, 0.4) is 0 Å². The second-order valence-corrected chi connectivity index (χ2v) is 4.08. The summed E-state index contributed by atoms with van der Waals surface area (Å²) >= 11 is 0. The van der Waals surface area contributed by atoms with Gasteiger partial charge in [0.15, 0.2) is 0 Å². The average Bonchev–Trinajstić information content (AvgIpc) is 2.33. The zero-order valence-corrected chi connectivity index (χ0v) is 7.74. The highest BCUT2D eigenvalue weighted by molar-refractivity contribution is 4.96. The summed E-state index contributed by atoms with van der Waals surface area (Å²) in [5, 5.41) is 3.56. The molecule has 64 valence electrons. The summed E-state index contributed by atoms with van der Waals surface area (Å²) in [7, 11) is 0. The van der Waals surface area contributed by atoms with Gasteiger partial charge in [0.05, 0.1) is 0 Å². The second kappa shape index (κ2) is 3.40. The van der Waals surface area contributed by atoms with Crippen LogP contribution in [0.5, 0.6) is 0 Å². The molecule has 0 aromatic rings. The SMILES string of the molecule is C=C(C)CNC1(C)CCCC1. The van der Waals surface area contributed by atoms with Crippen LogP contribution in [0.25, 0.3) is 0 Å². The van der Waals surface area contributed by atoms with Crippen molar-refractivity contribution >= 4 is 0 Å². The Labute approximate surface area is 69.9 Å². The Morgan fingerprint density at radius 1 is 1.45 bits per heavy atom. The Morgan fingerprint density at radius 3 is 2.45 bits per heavy atom. The number of hydrogen-bond donors (Lipinski definition) is 1. The van der Waals surface area contributed by atoms with E-state index >= 15 is 0 Å². The van der Waals surface area contributed by atoms with E-state index in [1.807, 2.05) is 0 Å². The van der Waals surface area contributed by atoms with Crippen molar-refractivity contribution in [3.63, 3.8) is 0 Å². The third kappa shape index (κ3) is 2.66. The monoisotopic (exact) mass is 153 g/mol. The van der Waals surface area contributed by atoms with Gasteiger partial charge in [0.25, 0.3) is 0 Å². The van der Waals surface area contributed by atoms with Crippen LogP contribution in [0.2, 0.25) is 0 Å². The van der Waals surface area contributed by atoms with Crippen LogP contribution >= 0.6 is 0 Å². The predicted molar refractivity (Wildman–Crippen MR) is 49.7 cm³/mol. The molecule has 1 heteroatoms. The molecular formula is C10H19N. The van der Waals surface area contributed by atoms with Gasteiger partial charge < -0.3 is 5.32 Å². The van der Waals surface area contributed by atoms with Gasteiger partial charge in [-0.2, -0.15) is 0 Å². The maximum absolute atomic E-state index is 3.88. The molecule has 0 unspecified atom stereocenters. The third-order valence-corrected chi connectivity index (χ3v) is 2.52. The molecule has 0 heterocycles. The van der Waals surface area contributed by atoms with Gasteiger partial charge in [0.1, 0.15) is 0 Å². The average molecular weight is 153 g/mol. The fraction of sp³-hybridized carbons (Fsp3) is 0.800. The maximum Gasteiger partial charge on any atom is 0.0164 e. The quantitative estimate of drug-likeness (QED) is 0.614. The van der Waals surface area contributed by atoms with Crippen LogP contribution in [0.4, 0.5) is 0 Å². The van der Waals surface area contributed by atoms with Gasteiger partial charge >= 0.3 is 0 Å². The van der Waals surface area contributed by atoms with Crippen LogP contribution in [0, 0.1) is 0 Å². The largest absolute Gasteiger partial charge is 0.308 e. The van der Waals surface area contributed by atoms with Gasteiger partial charge in [-0.3, -0.25) is 0 Å². The van der Waals surface area contributed by atoms with Crippen molar-refractivity contribution in [1.82, 2.24) is 5.32 Å². The van der Waals surface area contributed by atoms with Gasteiger partial charge in [-0.15, -0.1) is 0 Å². The standard InChI is InChI=1S/C10H19N/c1-9(2)8-11-10(3)6-4-5-7-10/h11H,1,4-8H2,2-3H3. The van der Waals surface area contributed by atoms with Crippen LogP contribution < -0.4 is 5.32 Å². The van der Waals surface area contributed by atoms with E-state index in [4.69, 9.17) is 0 Å². The summed E-state index contributed by atoms with van der Waals surface area (Å²) in [5.74, 6) is 0. The maximum atomic E-state index is 3.88. The van der Waals surface area contributed by atoms with Crippen LogP contribution in [-0.2, 0) is 0 Å². The summed E-state index contributed by atoms with van der Waals surface area (Å²) in [6, 6.07) is 0. The summed E-state index contributed by atoms with van der Waals surface area (Å²) in [6.45, 7) is 9.26. The highest BCUT2D eigenvalue weighted by Crippen LogP contribution is 2.28. The Bertz CT molecular complexity index is 143. The minimum atomic E-state index is 0.416. The van der Waals surface area contributed by atoms with Crippen molar-refractivity contribution in [3.8, 4) is 0 Å². The molecule has 0 saturated heterocycles. The molecule has 1 rings (SSSR count). The van der Waals surface area contributed by atoms with E-state index in [1.54, 1.807) is 0 Å². The lowest BCUT2D eigenvalue weighted by Gasteiger charge is -2.25. The van der Waals surface area contributed by atoms with Crippen molar-refractivity contribution in [1.29, 1.82) is 0 Å². The summed E-state index contributed by atoms with van der Waals surface area (Å²) in [4.78, 5) is 0. The van der Waals surface area contributed by atoms with E-state index in [2.05, 4.69) is 25.7 Å². The van der Waals surface area contributed by atoms with Crippen LogP contribution in [0.15, 0.2) is 12.2 Å². The van der Waals surface area contributed by atoms with Gasteiger partial charge in [-0.1, -0.05) is 25.0 Å². The van der Waals surface area contributed by atoms with E-state index in [-0.39, 0.29) is 0 Å². The first kappa shape index (κ1) is 8.79. The van der Waals surface area contributed by atoms with Crippen LogP contribution in [-0.4, -0.2) is 12.1 Å². The van der Waals surface area contributed by atoms with Crippen LogP contribution in [0.1, 0.15) is 39.5 Å². The van der Waals surface area contributed by atoms with Crippen molar-refractivity contribution in [2.24, 2.45) is 0 Å². The van der Waals surface area contributed by atoms with E-state index in [0.717, 1.165) is 6.54 Å². The van der Waals surface area contributed by atoms with Gasteiger partial charge in [0, 0.05) is 12.1 Å². The number of nitrogens with one attached hydrogen (secondary N) is 1. The molecule has 0 aliphatic heterocycles. The molecule has 1 aliphatic rings. The predicted octanol–water partition coefficient (Wildman–Crippen LogP) is 2.48. The van der Waals surface area contributed by atoms with E-state index in [9.17, 15) is 0 Å². The smallest absolute Gasteiger partial charge is 0.0164 e. The molecular weight excluding hydrogens is 134 g/mol. The molecule has 0 aromatic heterocycles. The molecule has 11 heavy (non-hydrogen) atoms. The van der Waals surface area contributed by atoms with Gasteiger partial charge in [0.2, 0.25) is 0 Å². The highest BCUT2D eigenvalue weighted by atomic mass is 15.0. The normalized spacial score (nSPS) is 22.0. The Hall–Kier alpha value is -0.300. The topological polar surface area (TPSA) is 12.0 Å². The molecule has 1 aliphatic carbocycles. The van der Waals surface area contributed by atoms with E-state index in [0.29, 0.717) is 5.54 Å². The Morgan fingerprint density at radius 2 is 2.00 bits per heavy atom. The third-order valence-electron chi connectivity index (χ3n) is 2.52. The lowest BCUT2D eigenvalue weighted by atomic mass is 10.0. The summed E-state index contributed by atoms with van der Waals surface area (Å²) < 4.78 is 0. The highest BCUT2D eigenvalue weighted by Gasteiger charge is 2.27. The molecule has 1 saturated carbocycles. The minimum absolute atomic E-state index is 0.416. The zero-order chi connectivity index (χ0) is 8.32. The molecule has 0 radical (unpaired) electrons. The second-order valence-electron chi connectivity index (χ2n) is 4.08. The molecule has 0 spiro atoms. The first-order valence-corrected chi connectivity index (χ1v) is 4.52. The Kier molecular flexibility index (Phi) is 2.72. The lowest BCUT2D eigenvalue weighted by Crippen LogP contribution is -2.40. The Balaban J connectivity index is 2.28. The van der Waals surface area contributed by atoms with Crippen molar-refractivity contribution < 1.29 is 0 Å². The fourth-order valence-corrected chi connectivity index (χ4v) is 1.70. The number of rotatable bonds is 3. The zero-order valence-electron chi connectivity index (χ0n) is 7.74. The van der Waals surface area contributed by atoms with Crippen molar-refractivity contribution in [3.05, 3.63) is 12.2 Å². The minimum Gasteiger partial charge on any atom is -0.308 e. The van der Waals surface area contributed by atoms with Gasteiger partial charge in [-0.05, 0) is 26.7 Å². The molecule has 0 bridgehead atoms. The van der Waals surface area contributed by atoms with E-state index in [1.165, 1.54) is 31.3 Å². The number of hydrogen-bond acceptors (Lipinski definition) is 1. The molecule has 0 atom stereocenters. The molecule has 1 fully saturated rings. The summed E-state index contributed by atoms with van der Waals surface area (Å²) in [6.07, 6.45) is 5.44. The first-order valence-electron chi connectivity index (χ1n) is 4.52. The lowest BCUT2D eigenvalue weighted by molar-refractivity contribution is 0.379. The molecule has 1 N–H and O–H groups in total. The molecule has 0 aromatic carbocycles. The molecule has 0 amide bonds. The molecule has 1 nitrogen and oxygen atoms in total. The van der Waals surface area contributed by atoms with Crippen molar-refractivity contribution in [2.75, 3.05) is 6.54 Å². The fourth-order valence-electron chi connectivity index (χ4n) is 1.70. The van der Waals surface area contributed by atoms with Gasteiger partial charge in [-0.25, -0.2) is 0 Å². The first-order chi connectivity index (χ1) is 5.12. The van der Waals surface area contributed by atoms with Crippen molar-refractivity contribution in [2.45, 2.75) is 45.1 Å². The summed E-state index contributed by atoms with van der Waals surface area (Å²) in [5.41, 5.74) is 1.65. The van der Waals surface area contributed by atoms with E-state index < -0.39 is 0 Å².